The molecule has 0 bridgehead atoms. The van der Waals surface area contributed by atoms with E-state index in [1.165, 1.54) is 23.5 Å². The number of carbonyl (C=O) groups excluding carboxylic acids is 2. The minimum Gasteiger partial charge on any atom is -0.347 e. The molecule has 5 nitrogen and oxygen atoms in total. The van der Waals surface area contributed by atoms with Gasteiger partial charge in [0.1, 0.15) is 10.8 Å². The van der Waals surface area contributed by atoms with Gasteiger partial charge in [-0.05, 0) is 24.3 Å². The van der Waals surface area contributed by atoms with Gasteiger partial charge in [0.05, 0.1) is 24.3 Å². The molecular weight excluding hydrogens is 410 g/mol. The molecule has 10 heteroatoms. The molecule has 0 spiro atoms. The monoisotopic (exact) mass is 423 g/mol. The summed E-state index contributed by atoms with van der Waals surface area (Å²) in [6.45, 7) is -0.502. The second-order valence-electron chi connectivity index (χ2n) is 5.88. The second kappa shape index (κ2) is 8.82. The maximum atomic E-state index is 13.5. The van der Waals surface area contributed by atoms with E-state index < -0.39 is 47.3 Å². The van der Waals surface area contributed by atoms with Crippen LogP contribution in [0, 0.1) is 23.3 Å². The zero-order valence-electron chi connectivity index (χ0n) is 14.6. The third kappa shape index (κ3) is 5.17. The van der Waals surface area contributed by atoms with Crippen LogP contribution < -0.4 is 10.6 Å². The van der Waals surface area contributed by atoms with Gasteiger partial charge in [0, 0.05) is 10.9 Å². The molecule has 1 heterocycles. The summed E-state index contributed by atoms with van der Waals surface area (Å²) in [5.41, 5.74) is 0.468. The van der Waals surface area contributed by atoms with Crippen molar-refractivity contribution < 1.29 is 27.2 Å². The van der Waals surface area contributed by atoms with E-state index in [0.717, 1.165) is 6.07 Å². The van der Waals surface area contributed by atoms with Gasteiger partial charge in [-0.1, -0.05) is 12.1 Å². The lowest BCUT2D eigenvalue weighted by Crippen LogP contribution is -2.34. The molecule has 2 amide bonds. The molecule has 0 atom stereocenters. The number of nitrogens with zero attached hydrogens (tertiary/aromatic N) is 1. The van der Waals surface area contributed by atoms with Crippen molar-refractivity contribution in [3.8, 4) is 10.6 Å². The van der Waals surface area contributed by atoms with Gasteiger partial charge in [-0.15, -0.1) is 11.3 Å². The van der Waals surface area contributed by atoms with Gasteiger partial charge in [0.2, 0.25) is 11.8 Å². The van der Waals surface area contributed by atoms with Gasteiger partial charge < -0.3 is 10.6 Å². The summed E-state index contributed by atoms with van der Waals surface area (Å²) >= 11 is 1.24. The highest BCUT2D eigenvalue weighted by molar-refractivity contribution is 7.13. The fourth-order valence-corrected chi connectivity index (χ4v) is 3.18. The first-order chi connectivity index (χ1) is 13.8. The zero-order chi connectivity index (χ0) is 21.0. The highest BCUT2D eigenvalue weighted by Gasteiger charge is 2.16. The largest absolute Gasteiger partial charge is 0.347 e. The fraction of sp³-hybridized carbons (Fsp3) is 0.105. The Morgan fingerprint density at radius 2 is 1.79 bits per heavy atom. The Bertz CT molecular complexity index is 1070. The summed E-state index contributed by atoms with van der Waals surface area (Å²) in [5, 5.41) is 6.54. The molecule has 0 saturated heterocycles. The molecular formula is C19H13F4N3O2S. The van der Waals surface area contributed by atoms with E-state index in [1.807, 2.05) is 5.32 Å². The number of thiazole rings is 1. The lowest BCUT2D eigenvalue weighted by atomic mass is 10.2. The topological polar surface area (TPSA) is 71.1 Å². The van der Waals surface area contributed by atoms with Crippen LogP contribution in [0.15, 0.2) is 41.8 Å². The summed E-state index contributed by atoms with van der Waals surface area (Å²) in [6.07, 6.45) is -0.126. The van der Waals surface area contributed by atoms with E-state index in [2.05, 4.69) is 10.3 Å². The Kier molecular flexibility index (Phi) is 6.23. The maximum absolute atomic E-state index is 13.5. The van der Waals surface area contributed by atoms with Crippen LogP contribution in [0.4, 0.5) is 23.2 Å². The summed E-state index contributed by atoms with van der Waals surface area (Å²) < 4.78 is 52.8. The average molecular weight is 423 g/mol. The van der Waals surface area contributed by atoms with Crippen molar-refractivity contribution in [3.63, 3.8) is 0 Å². The third-order valence-corrected chi connectivity index (χ3v) is 4.66. The number of benzene rings is 2. The molecule has 2 aromatic carbocycles. The normalized spacial score (nSPS) is 10.6. The lowest BCUT2D eigenvalue weighted by molar-refractivity contribution is -0.123. The Morgan fingerprint density at radius 1 is 1.00 bits per heavy atom. The molecule has 0 fully saturated rings. The number of aromatic nitrogens is 1. The van der Waals surface area contributed by atoms with Crippen LogP contribution in [0.5, 0.6) is 0 Å². The minimum absolute atomic E-state index is 0.126. The van der Waals surface area contributed by atoms with Crippen molar-refractivity contribution in [2.45, 2.75) is 6.42 Å². The first-order valence-electron chi connectivity index (χ1n) is 8.24. The molecule has 0 radical (unpaired) electrons. The molecule has 0 saturated carbocycles. The van der Waals surface area contributed by atoms with Crippen LogP contribution in [0.2, 0.25) is 0 Å². The minimum atomic E-state index is -1.70. The van der Waals surface area contributed by atoms with Crippen molar-refractivity contribution >= 4 is 28.8 Å². The lowest BCUT2D eigenvalue weighted by Gasteiger charge is -2.08. The van der Waals surface area contributed by atoms with E-state index >= 15 is 0 Å². The number of hydrogen-bond acceptors (Lipinski definition) is 4. The quantitative estimate of drug-likeness (QED) is 0.470. The molecule has 0 aliphatic heterocycles. The maximum Gasteiger partial charge on any atom is 0.243 e. The number of halogens is 4. The smallest absolute Gasteiger partial charge is 0.243 e. The molecule has 3 aromatic rings. The molecule has 29 heavy (non-hydrogen) atoms. The number of anilines is 1. The number of amides is 2. The Hall–Kier alpha value is -3.27. The molecule has 0 aliphatic carbocycles. The predicted octanol–water partition coefficient (Wildman–Crippen LogP) is 3.66. The summed E-state index contributed by atoms with van der Waals surface area (Å²) in [7, 11) is 0. The Labute approximate surface area is 166 Å². The highest BCUT2D eigenvalue weighted by atomic mass is 32.1. The first-order valence-corrected chi connectivity index (χ1v) is 9.12. The molecule has 0 unspecified atom stereocenters. The summed E-state index contributed by atoms with van der Waals surface area (Å²) in [5.74, 6) is -6.36. The van der Waals surface area contributed by atoms with Gasteiger partial charge in [-0.3, -0.25) is 9.59 Å². The van der Waals surface area contributed by atoms with Crippen molar-refractivity contribution in [1.29, 1.82) is 0 Å². The van der Waals surface area contributed by atoms with Crippen molar-refractivity contribution in [1.82, 2.24) is 10.3 Å². The van der Waals surface area contributed by atoms with E-state index in [-0.39, 0.29) is 6.42 Å². The van der Waals surface area contributed by atoms with Gasteiger partial charge in [-0.2, -0.15) is 0 Å². The number of carbonyl (C=O) groups is 2. The average Bonchev–Trinajstić information content (AvgIpc) is 3.15. The van der Waals surface area contributed by atoms with Crippen molar-refractivity contribution in [3.05, 3.63) is 70.7 Å². The molecule has 150 valence electrons. The van der Waals surface area contributed by atoms with Crippen LogP contribution in [-0.2, 0) is 16.0 Å². The number of rotatable bonds is 6. The Morgan fingerprint density at radius 3 is 2.55 bits per heavy atom. The SMILES string of the molecule is O=C(Cc1csc(-c2cccc(F)c2)n1)NCC(=O)Nc1ccc(F)c(F)c1F. The van der Waals surface area contributed by atoms with Crippen LogP contribution in [0.3, 0.4) is 0 Å². The third-order valence-electron chi connectivity index (χ3n) is 3.72. The van der Waals surface area contributed by atoms with Gasteiger partial charge >= 0.3 is 0 Å². The number of hydrogen-bond donors (Lipinski definition) is 2. The zero-order valence-corrected chi connectivity index (χ0v) is 15.5. The van der Waals surface area contributed by atoms with Gasteiger partial charge in [-0.25, -0.2) is 22.5 Å². The predicted molar refractivity (Wildman–Crippen MR) is 99.2 cm³/mol. The molecule has 3 rings (SSSR count). The molecule has 0 aliphatic rings. The number of nitrogens with one attached hydrogen (secondary N) is 2. The van der Waals surface area contributed by atoms with Crippen LogP contribution >= 0.6 is 11.3 Å². The van der Waals surface area contributed by atoms with Crippen LogP contribution in [0.25, 0.3) is 10.6 Å². The van der Waals surface area contributed by atoms with E-state index in [9.17, 15) is 27.2 Å². The van der Waals surface area contributed by atoms with Crippen molar-refractivity contribution in [2.75, 3.05) is 11.9 Å². The second-order valence-corrected chi connectivity index (χ2v) is 6.74. The summed E-state index contributed by atoms with van der Waals surface area (Å²) in [4.78, 5) is 28.0. The first kappa shape index (κ1) is 20.5. The molecule has 2 N–H and O–H groups in total. The van der Waals surface area contributed by atoms with Gasteiger partial charge in [0.15, 0.2) is 17.5 Å². The van der Waals surface area contributed by atoms with Crippen molar-refractivity contribution in [2.24, 2.45) is 0 Å². The Balaban J connectivity index is 1.53. The van der Waals surface area contributed by atoms with E-state index in [0.29, 0.717) is 22.3 Å². The van der Waals surface area contributed by atoms with E-state index in [1.54, 1.807) is 17.5 Å². The standard InChI is InChI=1S/C19H13F4N3O2S/c20-11-3-1-2-10(6-11)19-25-12(9-29-19)7-15(27)24-8-16(28)26-14-5-4-13(21)17(22)18(14)23/h1-6,9H,7-8H2,(H,24,27)(H,26,28). The molecule has 1 aromatic heterocycles. The highest BCUT2D eigenvalue weighted by Crippen LogP contribution is 2.24. The fourth-order valence-electron chi connectivity index (χ4n) is 2.36. The van der Waals surface area contributed by atoms with Crippen LogP contribution in [0.1, 0.15) is 5.69 Å². The van der Waals surface area contributed by atoms with Gasteiger partial charge in [0.25, 0.3) is 0 Å². The van der Waals surface area contributed by atoms with Crippen LogP contribution in [-0.4, -0.2) is 23.3 Å². The van der Waals surface area contributed by atoms with E-state index in [4.69, 9.17) is 0 Å². The summed E-state index contributed by atoms with van der Waals surface area (Å²) in [6, 6.07) is 7.41.